The van der Waals surface area contributed by atoms with Crippen molar-refractivity contribution in [2.75, 3.05) is 0 Å². The van der Waals surface area contributed by atoms with Gasteiger partial charge in [-0.2, -0.15) is 0 Å². The van der Waals surface area contributed by atoms with Gasteiger partial charge in [-0.15, -0.1) is 0 Å². The first-order valence-electron chi connectivity index (χ1n) is 6.51. The third-order valence-corrected chi connectivity index (χ3v) is 3.34. The molecule has 0 fully saturated rings. The molecule has 0 bridgehead atoms. The number of Topliss-reactive ketones (excluding diaryl/α,β-unsaturated/α-hetero) is 1. The quantitative estimate of drug-likeness (QED) is 0.775. The molecule has 0 amide bonds. The van der Waals surface area contributed by atoms with E-state index in [0.29, 0.717) is 10.6 Å². The molecule has 0 saturated carbocycles. The highest BCUT2D eigenvalue weighted by molar-refractivity contribution is 6.30. The fourth-order valence-corrected chi connectivity index (χ4v) is 2.12. The topological polar surface area (TPSA) is 30.0 Å². The van der Waals surface area contributed by atoms with Crippen molar-refractivity contribution in [3.8, 4) is 0 Å². The molecule has 110 valence electrons. The van der Waals surface area contributed by atoms with Gasteiger partial charge in [0, 0.05) is 12.6 Å². The molecule has 0 spiro atoms. The summed E-state index contributed by atoms with van der Waals surface area (Å²) in [5, 5.41) is 0.432. The zero-order chi connectivity index (χ0) is 15.6. The third-order valence-electron chi connectivity index (χ3n) is 3.12. The lowest BCUT2D eigenvalue weighted by Gasteiger charge is -2.10. The summed E-state index contributed by atoms with van der Waals surface area (Å²) in [6.45, 7) is 3.54. The lowest BCUT2D eigenvalue weighted by molar-refractivity contribution is 0.0988. The van der Waals surface area contributed by atoms with Crippen LogP contribution in [0.3, 0.4) is 0 Å². The molecule has 5 heteroatoms. The predicted octanol–water partition coefficient (Wildman–Crippen LogP) is 4.56. The van der Waals surface area contributed by atoms with Crippen LogP contribution in [-0.4, -0.2) is 10.8 Å². The first-order valence-corrected chi connectivity index (χ1v) is 6.89. The second-order valence-corrected chi connectivity index (χ2v) is 5.53. The van der Waals surface area contributed by atoms with Gasteiger partial charge >= 0.3 is 0 Å². The summed E-state index contributed by atoms with van der Waals surface area (Å²) in [6, 6.07) is 5.65. The summed E-state index contributed by atoms with van der Waals surface area (Å²) in [5.74, 6) is -2.23. The number of ketones is 1. The number of hydrogen-bond acceptors (Lipinski definition) is 2. The molecule has 1 heterocycles. The molecule has 1 aromatic carbocycles. The van der Waals surface area contributed by atoms with Crippen molar-refractivity contribution >= 4 is 17.4 Å². The molecule has 2 aromatic rings. The van der Waals surface area contributed by atoms with Crippen molar-refractivity contribution < 1.29 is 13.6 Å². The van der Waals surface area contributed by atoms with E-state index in [1.165, 1.54) is 18.3 Å². The minimum atomic E-state index is -0.937. The summed E-state index contributed by atoms with van der Waals surface area (Å²) in [7, 11) is 0. The number of pyridine rings is 1. The summed E-state index contributed by atoms with van der Waals surface area (Å²) in [4.78, 5) is 16.0. The van der Waals surface area contributed by atoms with E-state index < -0.39 is 11.6 Å². The molecule has 0 N–H and O–H groups in total. The number of halogens is 3. The summed E-state index contributed by atoms with van der Waals surface area (Å²) in [5.41, 5.74) is 0.941. The minimum absolute atomic E-state index is 0.0362. The number of benzene rings is 1. The van der Waals surface area contributed by atoms with Crippen LogP contribution in [0.15, 0.2) is 30.5 Å². The average molecular weight is 310 g/mol. The molecular formula is C16H14ClF2NO. The van der Waals surface area contributed by atoms with Crippen molar-refractivity contribution in [1.82, 2.24) is 4.98 Å². The Morgan fingerprint density at radius 2 is 2.00 bits per heavy atom. The first-order chi connectivity index (χ1) is 9.88. The van der Waals surface area contributed by atoms with Crippen LogP contribution in [0.2, 0.25) is 5.02 Å². The molecule has 2 rings (SSSR count). The largest absolute Gasteiger partial charge is 0.292 e. The Morgan fingerprint density at radius 1 is 1.29 bits per heavy atom. The number of carbonyl (C=O) groups excluding carboxylic acids is 1. The van der Waals surface area contributed by atoms with Crippen molar-refractivity contribution in [2.45, 2.75) is 26.2 Å². The van der Waals surface area contributed by atoms with Crippen LogP contribution < -0.4 is 0 Å². The Balaban J connectivity index is 2.27. The Labute approximate surface area is 126 Å². The van der Waals surface area contributed by atoms with Gasteiger partial charge < -0.3 is 0 Å². The Kier molecular flexibility index (Phi) is 4.68. The zero-order valence-corrected chi connectivity index (χ0v) is 12.4. The van der Waals surface area contributed by atoms with E-state index in [9.17, 15) is 13.6 Å². The molecule has 2 nitrogen and oxygen atoms in total. The van der Waals surface area contributed by atoms with Crippen LogP contribution in [0.25, 0.3) is 0 Å². The second-order valence-electron chi connectivity index (χ2n) is 5.10. The molecule has 1 aromatic heterocycles. The van der Waals surface area contributed by atoms with Gasteiger partial charge in [0.15, 0.2) is 17.4 Å². The van der Waals surface area contributed by atoms with Crippen LogP contribution in [0.1, 0.15) is 41.4 Å². The van der Waals surface area contributed by atoms with Crippen LogP contribution in [0.4, 0.5) is 8.78 Å². The zero-order valence-electron chi connectivity index (χ0n) is 11.7. The van der Waals surface area contributed by atoms with Gasteiger partial charge in [0.2, 0.25) is 0 Å². The van der Waals surface area contributed by atoms with Crippen LogP contribution >= 0.6 is 11.6 Å². The number of carbonyl (C=O) groups is 1. The van der Waals surface area contributed by atoms with Crippen LogP contribution in [-0.2, 0) is 6.42 Å². The van der Waals surface area contributed by atoms with Gasteiger partial charge in [-0.3, -0.25) is 9.78 Å². The molecule has 0 aliphatic rings. The number of hydrogen-bond donors (Lipinski definition) is 0. The third kappa shape index (κ3) is 3.64. The Hall–Kier alpha value is -1.81. The van der Waals surface area contributed by atoms with Gasteiger partial charge in [-0.1, -0.05) is 31.5 Å². The van der Waals surface area contributed by atoms with E-state index in [-0.39, 0.29) is 29.4 Å². The summed E-state index contributed by atoms with van der Waals surface area (Å²) in [6.07, 6.45) is 1.34. The maximum absolute atomic E-state index is 13.7. The maximum atomic E-state index is 13.7. The lowest BCUT2D eigenvalue weighted by atomic mass is 9.97. The Bertz CT molecular complexity index is 669. The minimum Gasteiger partial charge on any atom is -0.292 e. The number of nitrogens with zero attached hydrogens (tertiary/aromatic N) is 1. The van der Waals surface area contributed by atoms with E-state index in [1.807, 2.05) is 0 Å². The van der Waals surface area contributed by atoms with E-state index in [2.05, 4.69) is 4.98 Å². The number of aromatic nitrogens is 1. The van der Waals surface area contributed by atoms with E-state index >= 15 is 0 Å². The highest BCUT2D eigenvalue weighted by atomic mass is 35.5. The van der Waals surface area contributed by atoms with Gasteiger partial charge in [0.25, 0.3) is 0 Å². The van der Waals surface area contributed by atoms with Crippen LogP contribution in [0.5, 0.6) is 0 Å². The van der Waals surface area contributed by atoms with Gasteiger partial charge in [0.05, 0.1) is 5.02 Å². The van der Waals surface area contributed by atoms with Crippen molar-refractivity contribution in [2.24, 2.45) is 0 Å². The molecular weight excluding hydrogens is 296 g/mol. The fraction of sp³-hybridized carbons (Fsp3) is 0.250. The van der Waals surface area contributed by atoms with Crippen molar-refractivity contribution in [3.63, 3.8) is 0 Å². The van der Waals surface area contributed by atoms with Gasteiger partial charge in [-0.05, 0) is 35.2 Å². The monoisotopic (exact) mass is 309 g/mol. The highest BCUT2D eigenvalue weighted by Crippen LogP contribution is 2.23. The first kappa shape index (κ1) is 15.6. The van der Waals surface area contributed by atoms with E-state index in [4.69, 9.17) is 11.6 Å². The molecule has 0 atom stereocenters. The summed E-state index contributed by atoms with van der Waals surface area (Å²) >= 11 is 5.71. The van der Waals surface area contributed by atoms with E-state index in [0.717, 1.165) is 6.07 Å². The van der Waals surface area contributed by atoms with Gasteiger partial charge in [0.1, 0.15) is 5.69 Å². The van der Waals surface area contributed by atoms with Crippen LogP contribution in [0, 0.1) is 11.6 Å². The average Bonchev–Trinajstić information content (AvgIpc) is 2.43. The molecule has 0 aliphatic heterocycles. The number of rotatable bonds is 4. The van der Waals surface area contributed by atoms with Crippen molar-refractivity contribution in [3.05, 3.63) is 63.9 Å². The van der Waals surface area contributed by atoms with E-state index in [1.54, 1.807) is 19.9 Å². The smallest absolute Gasteiger partial charge is 0.185 e. The SMILES string of the molecule is CC(C)c1cc(CC(=O)c2ccc(Cl)cn2)cc(F)c1F. The standard InChI is InChI=1S/C16H14ClF2NO/c1-9(2)12-5-10(6-13(18)16(12)19)7-15(21)14-4-3-11(17)8-20-14/h3-6,8-9H,7H2,1-2H3. The normalized spacial score (nSPS) is 11.0. The summed E-state index contributed by atoms with van der Waals surface area (Å²) < 4.78 is 27.2. The molecule has 0 saturated heterocycles. The highest BCUT2D eigenvalue weighted by Gasteiger charge is 2.16. The Morgan fingerprint density at radius 3 is 2.57 bits per heavy atom. The predicted molar refractivity (Wildman–Crippen MR) is 77.7 cm³/mol. The molecule has 0 unspecified atom stereocenters. The molecule has 0 aliphatic carbocycles. The lowest BCUT2D eigenvalue weighted by Crippen LogP contribution is -2.08. The van der Waals surface area contributed by atoms with Crippen molar-refractivity contribution in [1.29, 1.82) is 0 Å². The molecule has 0 radical (unpaired) electrons. The molecule has 21 heavy (non-hydrogen) atoms. The second kappa shape index (κ2) is 6.31. The maximum Gasteiger partial charge on any atom is 0.185 e. The van der Waals surface area contributed by atoms with Gasteiger partial charge in [-0.25, -0.2) is 8.78 Å². The fourth-order valence-electron chi connectivity index (χ4n) is 2.01.